The van der Waals surface area contributed by atoms with E-state index in [1.807, 2.05) is 17.3 Å². The number of aryl methyl sites for hydroxylation is 1. The average molecular weight is 293 g/mol. The lowest BCUT2D eigenvalue weighted by Crippen LogP contribution is -2.25. The van der Waals surface area contributed by atoms with Gasteiger partial charge in [0.25, 0.3) is 0 Å². The number of hydrogen-bond acceptors (Lipinski definition) is 8. The van der Waals surface area contributed by atoms with Crippen LogP contribution in [0.3, 0.4) is 0 Å². The van der Waals surface area contributed by atoms with Gasteiger partial charge < -0.3 is 16.0 Å². The van der Waals surface area contributed by atoms with Gasteiger partial charge in [-0.3, -0.25) is 0 Å². The summed E-state index contributed by atoms with van der Waals surface area (Å²) < 4.78 is 0. The highest BCUT2D eigenvalue weighted by Gasteiger charge is 2.10. The summed E-state index contributed by atoms with van der Waals surface area (Å²) in [4.78, 5) is 20.1. The number of nitrogens with zero attached hydrogens (tertiary/aromatic N) is 5. The molecule has 2 aromatic heterocycles. The maximum atomic E-state index is 5.75. The summed E-state index contributed by atoms with van der Waals surface area (Å²) in [5.74, 6) is 1.32. The van der Waals surface area contributed by atoms with Gasteiger partial charge in [-0.25, -0.2) is 4.98 Å². The van der Waals surface area contributed by atoms with E-state index in [1.165, 1.54) is 0 Å². The second kappa shape index (κ2) is 6.47. The predicted molar refractivity (Wildman–Crippen MR) is 82.0 cm³/mol. The Bertz CT molecular complexity index is 565. The van der Waals surface area contributed by atoms with Crippen molar-refractivity contribution in [3.05, 3.63) is 16.1 Å². The van der Waals surface area contributed by atoms with Gasteiger partial charge in [-0.2, -0.15) is 15.0 Å². The summed E-state index contributed by atoms with van der Waals surface area (Å²) >= 11 is 1.61. The third-order valence-corrected chi connectivity index (χ3v) is 3.87. The fourth-order valence-corrected chi connectivity index (χ4v) is 2.48. The van der Waals surface area contributed by atoms with Crippen LogP contribution >= 0.6 is 11.3 Å². The van der Waals surface area contributed by atoms with E-state index < -0.39 is 0 Å². The van der Waals surface area contributed by atoms with Crippen molar-refractivity contribution in [2.75, 3.05) is 29.0 Å². The third-order valence-electron chi connectivity index (χ3n) is 2.94. The molecule has 0 spiro atoms. The highest BCUT2D eigenvalue weighted by Crippen LogP contribution is 2.15. The summed E-state index contributed by atoms with van der Waals surface area (Å²) in [6.07, 6.45) is 0. The summed E-state index contributed by atoms with van der Waals surface area (Å²) in [5, 5.41) is 3.17. The van der Waals surface area contributed by atoms with E-state index in [-0.39, 0.29) is 5.95 Å². The van der Waals surface area contributed by atoms with Crippen molar-refractivity contribution in [1.29, 1.82) is 0 Å². The lowest BCUT2D eigenvalue weighted by atomic mass is 10.4. The summed E-state index contributed by atoms with van der Waals surface area (Å²) in [6.45, 7) is 8.38. The number of thiazole rings is 1. The molecule has 0 atom stereocenters. The molecule has 2 aromatic rings. The maximum Gasteiger partial charge on any atom is 0.231 e. The molecule has 2 rings (SSSR count). The fraction of sp³-hybridized carbons (Fsp3) is 0.500. The van der Waals surface area contributed by atoms with Crippen molar-refractivity contribution < 1.29 is 0 Å². The van der Waals surface area contributed by atoms with Gasteiger partial charge in [0, 0.05) is 18.0 Å². The van der Waals surface area contributed by atoms with Crippen LogP contribution in [-0.4, -0.2) is 33.0 Å². The minimum absolute atomic E-state index is 0.227. The molecule has 7 nitrogen and oxygen atoms in total. The van der Waals surface area contributed by atoms with Crippen LogP contribution in [0, 0.1) is 6.92 Å². The molecule has 20 heavy (non-hydrogen) atoms. The van der Waals surface area contributed by atoms with Gasteiger partial charge in [-0.05, 0) is 20.8 Å². The molecule has 0 saturated carbocycles. The Hall–Kier alpha value is -1.96. The van der Waals surface area contributed by atoms with Gasteiger partial charge in [0.15, 0.2) is 0 Å². The van der Waals surface area contributed by atoms with Crippen molar-refractivity contribution >= 4 is 29.2 Å². The molecule has 0 saturated heterocycles. The Balaban J connectivity index is 2.13. The van der Waals surface area contributed by atoms with E-state index in [0.717, 1.165) is 23.7 Å². The van der Waals surface area contributed by atoms with Crippen LogP contribution in [0.2, 0.25) is 0 Å². The topological polar surface area (TPSA) is 92.9 Å². The average Bonchev–Trinajstić information content (AvgIpc) is 2.83. The van der Waals surface area contributed by atoms with Gasteiger partial charge in [0.1, 0.15) is 0 Å². The molecular formula is C12H19N7S. The Morgan fingerprint density at radius 1 is 1.25 bits per heavy atom. The first-order valence-electron chi connectivity index (χ1n) is 6.53. The second-order valence-corrected chi connectivity index (χ2v) is 5.14. The molecule has 0 fully saturated rings. The number of nitrogens with two attached hydrogens (primary N) is 1. The zero-order valence-electron chi connectivity index (χ0n) is 11.9. The number of aromatic nitrogens is 4. The molecule has 0 radical (unpaired) electrons. The van der Waals surface area contributed by atoms with Crippen LogP contribution < -0.4 is 16.0 Å². The number of nitrogen functional groups attached to an aromatic ring is 1. The van der Waals surface area contributed by atoms with E-state index in [1.54, 1.807) is 11.3 Å². The van der Waals surface area contributed by atoms with E-state index in [4.69, 9.17) is 5.73 Å². The van der Waals surface area contributed by atoms with Crippen LogP contribution in [0.25, 0.3) is 0 Å². The highest BCUT2D eigenvalue weighted by atomic mass is 32.1. The van der Waals surface area contributed by atoms with E-state index >= 15 is 0 Å². The standard InChI is InChI=1S/C12H19N7S/c1-4-19(5-2)12-17-10(13)16-11(18-12)14-6-9-8(3)15-7-20-9/h7H,4-6H2,1-3H3,(H3,13,14,16,17,18). The van der Waals surface area contributed by atoms with Gasteiger partial charge in [0.05, 0.1) is 17.7 Å². The largest absolute Gasteiger partial charge is 0.368 e. The summed E-state index contributed by atoms with van der Waals surface area (Å²) in [7, 11) is 0. The molecule has 0 bridgehead atoms. The molecule has 0 unspecified atom stereocenters. The molecule has 108 valence electrons. The SMILES string of the molecule is CCN(CC)c1nc(N)nc(NCc2scnc2C)n1. The molecule has 3 N–H and O–H groups in total. The summed E-state index contributed by atoms with van der Waals surface area (Å²) in [6, 6.07) is 0. The first-order chi connectivity index (χ1) is 9.63. The van der Waals surface area contributed by atoms with E-state index in [0.29, 0.717) is 18.4 Å². The Morgan fingerprint density at radius 3 is 2.60 bits per heavy atom. The van der Waals surface area contributed by atoms with Gasteiger partial charge >= 0.3 is 0 Å². The predicted octanol–water partition coefficient (Wildman–Crippen LogP) is 1.68. The second-order valence-electron chi connectivity index (χ2n) is 4.20. The van der Waals surface area contributed by atoms with Crippen molar-refractivity contribution in [2.24, 2.45) is 0 Å². The first-order valence-corrected chi connectivity index (χ1v) is 7.41. The molecule has 0 amide bonds. The molecule has 2 heterocycles. The van der Waals surface area contributed by atoms with Gasteiger partial charge in [0.2, 0.25) is 17.8 Å². The summed E-state index contributed by atoms with van der Waals surface area (Å²) in [5.41, 5.74) is 8.60. The van der Waals surface area contributed by atoms with Crippen LogP contribution in [0.15, 0.2) is 5.51 Å². The van der Waals surface area contributed by atoms with Crippen molar-refractivity contribution in [3.8, 4) is 0 Å². The molecule has 0 aliphatic rings. The zero-order chi connectivity index (χ0) is 14.5. The Kier molecular flexibility index (Phi) is 4.67. The minimum atomic E-state index is 0.227. The molecule has 0 aliphatic heterocycles. The lowest BCUT2D eigenvalue weighted by Gasteiger charge is -2.18. The van der Waals surface area contributed by atoms with Crippen LogP contribution in [0.4, 0.5) is 17.8 Å². The van der Waals surface area contributed by atoms with Crippen molar-refractivity contribution in [2.45, 2.75) is 27.3 Å². The normalized spacial score (nSPS) is 10.6. The third kappa shape index (κ3) is 3.32. The van der Waals surface area contributed by atoms with Crippen LogP contribution in [-0.2, 0) is 6.54 Å². The van der Waals surface area contributed by atoms with Crippen molar-refractivity contribution in [3.63, 3.8) is 0 Å². The zero-order valence-corrected chi connectivity index (χ0v) is 12.7. The van der Waals surface area contributed by atoms with E-state index in [9.17, 15) is 0 Å². The fourth-order valence-electron chi connectivity index (χ4n) is 1.76. The van der Waals surface area contributed by atoms with Crippen LogP contribution in [0.5, 0.6) is 0 Å². The Morgan fingerprint density at radius 2 is 2.00 bits per heavy atom. The monoisotopic (exact) mass is 293 g/mol. The number of rotatable bonds is 6. The number of nitrogens with one attached hydrogen (secondary N) is 1. The van der Waals surface area contributed by atoms with E-state index in [2.05, 4.69) is 39.1 Å². The van der Waals surface area contributed by atoms with Gasteiger partial charge in [-0.1, -0.05) is 0 Å². The number of hydrogen-bond donors (Lipinski definition) is 2. The van der Waals surface area contributed by atoms with Gasteiger partial charge in [-0.15, -0.1) is 11.3 Å². The molecule has 8 heteroatoms. The minimum Gasteiger partial charge on any atom is -0.368 e. The lowest BCUT2D eigenvalue weighted by molar-refractivity contribution is 0.814. The van der Waals surface area contributed by atoms with Crippen LogP contribution in [0.1, 0.15) is 24.4 Å². The molecular weight excluding hydrogens is 274 g/mol. The maximum absolute atomic E-state index is 5.75. The van der Waals surface area contributed by atoms with Crippen molar-refractivity contribution in [1.82, 2.24) is 19.9 Å². The Labute approximate surface area is 122 Å². The quantitative estimate of drug-likeness (QED) is 0.837. The molecule has 0 aliphatic carbocycles. The molecule has 0 aromatic carbocycles. The highest BCUT2D eigenvalue weighted by molar-refractivity contribution is 7.09. The first kappa shape index (κ1) is 14.4. The smallest absolute Gasteiger partial charge is 0.231 e. The number of anilines is 3.